The van der Waals surface area contributed by atoms with Gasteiger partial charge < -0.3 is 4.74 Å². The third-order valence-corrected chi connectivity index (χ3v) is 7.05. The lowest BCUT2D eigenvalue weighted by atomic mass is 9.68. The highest BCUT2D eigenvalue weighted by molar-refractivity contribution is 5.46. The molecule has 2 aliphatic rings. The van der Waals surface area contributed by atoms with Crippen molar-refractivity contribution in [1.82, 2.24) is 0 Å². The Morgan fingerprint density at radius 2 is 1.96 bits per heavy atom. The van der Waals surface area contributed by atoms with Crippen molar-refractivity contribution < 1.29 is 4.74 Å². The van der Waals surface area contributed by atoms with Crippen LogP contribution < -0.4 is 4.74 Å². The summed E-state index contributed by atoms with van der Waals surface area (Å²) in [6, 6.07) is 7.09. The van der Waals surface area contributed by atoms with E-state index >= 15 is 0 Å². The molecule has 0 spiro atoms. The van der Waals surface area contributed by atoms with Crippen LogP contribution in [0.15, 0.2) is 29.8 Å². The fourth-order valence-corrected chi connectivity index (χ4v) is 5.01. The first-order chi connectivity index (χ1) is 12.3. The monoisotopic (exact) mass is 354 g/mol. The summed E-state index contributed by atoms with van der Waals surface area (Å²) in [6.45, 7) is 13.9. The highest BCUT2D eigenvalue weighted by Crippen LogP contribution is 2.51. The fourth-order valence-electron chi connectivity index (χ4n) is 5.01. The maximum atomic E-state index is 6.56. The normalized spacial score (nSPS) is 26.2. The molecule has 0 bridgehead atoms. The molecule has 0 aromatic heterocycles. The zero-order valence-corrected chi connectivity index (χ0v) is 17.8. The SMILES string of the molecule is CCCCCC(C)C(C)c1ccc2c(c1)OC(C)(C)C1CCC(C)=CC21. The van der Waals surface area contributed by atoms with Crippen LogP contribution in [0.5, 0.6) is 5.75 Å². The Morgan fingerprint density at radius 1 is 1.19 bits per heavy atom. The molecule has 1 heterocycles. The van der Waals surface area contributed by atoms with E-state index in [1.165, 1.54) is 55.2 Å². The Labute approximate surface area is 161 Å². The fraction of sp³-hybridized carbons (Fsp3) is 0.680. The van der Waals surface area contributed by atoms with Gasteiger partial charge in [0.25, 0.3) is 0 Å². The van der Waals surface area contributed by atoms with Crippen LogP contribution in [0.2, 0.25) is 0 Å². The van der Waals surface area contributed by atoms with E-state index in [2.05, 4.69) is 65.8 Å². The Morgan fingerprint density at radius 3 is 2.69 bits per heavy atom. The average Bonchev–Trinajstić information content (AvgIpc) is 2.60. The van der Waals surface area contributed by atoms with Gasteiger partial charge in [-0.25, -0.2) is 0 Å². The van der Waals surface area contributed by atoms with Crippen molar-refractivity contribution in [3.63, 3.8) is 0 Å². The van der Waals surface area contributed by atoms with E-state index in [4.69, 9.17) is 4.74 Å². The highest BCUT2D eigenvalue weighted by atomic mass is 16.5. The molecule has 26 heavy (non-hydrogen) atoms. The van der Waals surface area contributed by atoms with Crippen LogP contribution in [-0.4, -0.2) is 5.60 Å². The summed E-state index contributed by atoms with van der Waals surface area (Å²) in [5, 5.41) is 0. The highest BCUT2D eigenvalue weighted by Gasteiger charge is 2.43. The zero-order valence-electron chi connectivity index (χ0n) is 17.8. The Hall–Kier alpha value is -1.24. The van der Waals surface area contributed by atoms with Gasteiger partial charge in [0, 0.05) is 17.4 Å². The lowest BCUT2D eigenvalue weighted by Gasteiger charge is -2.46. The summed E-state index contributed by atoms with van der Waals surface area (Å²) < 4.78 is 6.56. The van der Waals surface area contributed by atoms with Gasteiger partial charge in [-0.15, -0.1) is 0 Å². The summed E-state index contributed by atoms with van der Waals surface area (Å²) in [6.07, 6.45) is 10.3. The number of rotatable bonds is 6. The molecule has 0 saturated heterocycles. The smallest absolute Gasteiger partial charge is 0.124 e. The molecule has 4 atom stereocenters. The standard InChI is InChI=1S/C25H38O/c1-7-8-9-10-18(3)19(4)20-12-13-21-22-15-17(2)11-14-23(22)25(5,6)26-24(21)16-20/h12-13,15-16,18-19,22-23H,7-11,14H2,1-6H3. The Balaban J connectivity index is 1.85. The third-order valence-electron chi connectivity index (χ3n) is 7.05. The van der Waals surface area contributed by atoms with Crippen LogP contribution in [-0.2, 0) is 0 Å². The van der Waals surface area contributed by atoms with E-state index in [9.17, 15) is 0 Å². The molecular formula is C25H38O. The van der Waals surface area contributed by atoms with Crippen molar-refractivity contribution in [3.05, 3.63) is 41.0 Å². The minimum Gasteiger partial charge on any atom is -0.487 e. The molecule has 1 aromatic rings. The summed E-state index contributed by atoms with van der Waals surface area (Å²) >= 11 is 0. The van der Waals surface area contributed by atoms with Gasteiger partial charge in [0.2, 0.25) is 0 Å². The molecule has 4 unspecified atom stereocenters. The minimum atomic E-state index is -0.0799. The van der Waals surface area contributed by atoms with Gasteiger partial charge in [-0.3, -0.25) is 0 Å². The molecule has 0 radical (unpaired) electrons. The number of fused-ring (bicyclic) bond motifs is 3. The average molecular weight is 355 g/mol. The quantitative estimate of drug-likeness (QED) is 0.377. The molecule has 0 N–H and O–H groups in total. The van der Waals surface area contributed by atoms with Gasteiger partial charge in [-0.1, -0.05) is 70.2 Å². The second-order valence-corrected chi connectivity index (χ2v) is 9.45. The maximum absolute atomic E-state index is 6.56. The van der Waals surface area contributed by atoms with Crippen LogP contribution >= 0.6 is 0 Å². The van der Waals surface area contributed by atoms with Crippen molar-refractivity contribution in [3.8, 4) is 5.75 Å². The second-order valence-electron chi connectivity index (χ2n) is 9.45. The number of benzene rings is 1. The number of hydrogen-bond acceptors (Lipinski definition) is 1. The molecule has 0 amide bonds. The molecule has 144 valence electrons. The predicted molar refractivity (Wildman–Crippen MR) is 112 cm³/mol. The molecule has 1 heteroatoms. The van der Waals surface area contributed by atoms with Gasteiger partial charge in [-0.05, 0) is 57.1 Å². The van der Waals surface area contributed by atoms with Crippen molar-refractivity contribution in [1.29, 1.82) is 0 Å². The van der Waals surface area contributed by atoms with Crippen molar-refractivity contribution in [2.75, 3.05) is 0 Å². The largest absolute Gasteiger partial charge is 0.487 e. The lowest BCUT2D eigenvalue weighted by Crippen LogP contribution is -2.45. The van der Waals surface area contributed by atoms with Crippen LogP contribution in [0.4, 0.5) is 0 Å². The van der Waals surface area contributed by atoms with Crippen molar-refractivity contribution in [2.24, 2.45) is 11.8 Å². The van der Waals surface area contributed by atoms with E-state index in [0.29, 0.717) is 17.8 Å². The molecule has 1 aliphatic heterocycles. The first kappa shape index (κ1) is 19.5. The molecule has 0 saturated carbocycles. The van der Waals surface area contributed by atoms with E-state index in [-0.39, 0.29) is 5.60 Å². The number of unbranched alkanes of at least 4 members (excludes halogenated alkanes) is 2. The van der Waals surface area contributed by atoms with Gasteiger partial charge in [-0.2, -0.15) is 0 Å². The van der Waals surface area contributed by atoms with Crippen molar-refractivity contribution in [2.45, 2.75) is 97.5 Å². The summed E-state index contributed by atoms with van der Waals surface area (Å²) in [4.78, 5) is 0. The van der Waals surface area contributed by atoms with Crippen LogP contribution in [0.1, 0.15) is 103 Å². The lowest BCUT2D eigenvalue weighted by molar-refractivity contribution is 0.0115. The first-order valence-corrected chi connectivity index (χ1v) is 10.8. The summed E-state index contributed by atoms with van der Waals surface area (Å²) in [5.74, 6) is 3.56. The maximum Gasteiger partial charge on any atom is 0.124 e. The molecule has 1 nitrogen and oxygen atoms in total. The van der Waals surface area contributed by atoms with Gasteiger partial charge >= 0.3 is 0 Å². The van der Waals surface area contributed by atoms with Crippen LogP contribution in [0, 0.1) is 11.8 Å². The Bertz CT molecular complexity index is 654. The van der Waals surface area contributed by atoms with Gasteiger partial charge in [0.1, 0.15) is 11.4 Å². The van der Waals surface area contributed by atoms with E-state index in [1.807, 2.05) is 0 Å². The van der Waals surface area contributed by atoms with Crippen molar-refractivity contribution >= 4 is 0 Å². The Kier molecular flexibility index (Phi) is 5.85. The molecule has 1 aliphatic carbocycles. The number of hydrogen-bond donors (Lipinski definition) is 0. The van der Waals surface area contributed by atoms with Gasteiger partial charge in [0.15, 0.2) is 0 Å². The molecular weight excluding hydrogens is 316 g/mol. The number of ether oxygens (including phenoxy) is 1. The molecule has 3 rings (SSSR count). The third kappa shape index (κ3) is 3.87. The van der Waals surface area contributed by atoms with Crippen LogP contribution in [0.25, 0.3) is 0 Å². The van der Waals surface area contributed by atoms with E-state index < -0.39 is 0 Å². The summed E-state index contributed by atoms with van der Waals surface area (Å²) in [5.41, 5.74) is 4.31. The topological polar surface area (TPSA) is 9.23 Å². The summed E-state index contributed by atoms with van der Waals surface area (Å²) in [7, 11) is 0. The molecule has 1 aromatic carbocycles. The first-order valence-electron chi connectivity index (χ1n) is 10.8. The zero-order chi connectivity index (χ0) is 18.9. The predicted octanol–water partition coefficient (Wildman–Crippen LogP) is 7.62. The van der Waals surface area contributed by atoms with E-state index in [0.717, 1.165) is 11.7 Å². The second kappa shape index (κ2) is 7.79. The van der Waals surface area contributed by atoms with E-state index in [1.54, 1.807) is 0 Å². The number of allylic oxidation sites excluding steroid dienone is 2. The minimum absolute atomic E-state index is 0.0799. The van der Waals surface area contributed by atoms with Gasteiger partial charge in [0.05, 0.1) is 0 Å². The molecule has 0 fully saturated rings. The van der Waals surface area contributed by atoms with Crippen LogP contribution in [0.3, 0.4) is 0 Å².